The average molecular weight is 321 g/mol. The van der Waals surface area contributed by atoms with Crippen molar-refractivity contribution in [3.8, 4) is 0 Å². The van der Waals surface area contributed by atoms with Crippen molar-refractivity contribution in [3.05, 3.63) is 64.0 Å². The molecular weight excluding hydrogens is 307 g/mol. The first-order valence-electron chi connectivity index (χ1n) is 6.63. The van der Waals surface area contributed by atoms with Gasteiger partial charge in [-0.25, -0.2) is 4.98 Å². The first-order valence-corrected chi connectivity index (χ1v) is 7.39. The van der Waals surface area contributed by atoms with Crippen molar-refractivity contribution < 1.29 is 4.42 Å². The van der Waals surface area contributed by atoms with Gasteiger partial charge in [-0.3, -0.25) is 0 Å². The van der Waals surface area contributed by atoms with Crippen molar-refractivity contribution in [3.63, 3.8) is 0 Å². The number of fused-ring (bicyclic) bond motifs is 1. The fourth-order valence-corrected chi connectivity index (χ4v) is 2.89. The van der Waals surface area contributed by atoms with E-state index < -0.39 is 0 Å². The summed E-state index contributed by atoms with van der Waals surface area (Å²) < 4.78 is 5.77. The first-order chi connectivity index (χ1) is 10.2. The summed E-state index contributed by atoms with van der Waals surface area (Å²) in [5.41, 5.74) is 2.68. The summed E-state index contributed by atoms with van der Waals surface area (Å²) in [6.07, 6.45) is 0.627. The van der Waals surface area contributed by atoms with Gasteiger partial charge in [0.15, 0.2) is 11.5 Å². The number of benzene rings is 2. The van der Waals surface area contributed by atoms with E-state index in [2.05, 4.69) is 10.3 Å². The van der Waals surface area contributed by atoms with Crippen LogP contribution in [0.4, 0.5) is 0 Å². The topological polar surface area (TPSA) is 38.1 Å². The van der Waals surface area contributed by atoms with Crippen molar-refractivity contribution in [2.45, 2.75) is 12.5 Å². The molecule has 0 radical (unpaired) electrons. The van der Waals surface area contributed by atoms with Crippen LogP contribution in [0.2, 0.25) is 10.0 Å². The van der Waals surface area contributed by atoms with Crippen LogP contribution in [0.25, 0.3) is 11.1 Å². The Hall–Kier alpha value is -1.55. The summed E-state index contributed by atoms with van der Waals surface area (Å²) in [5.74, 6) is 0.687. The van der Waals surface area contributed by atoms with Crippen LogP contribution in [0.5, 0.6) is 0 Å². The van der Waals surface area contributed by atoms with E-state index in [1.165, 1.54) is 0 Å². The van der Waals surface area contributed by atoms with Gasteiger partial charge in [-0.2, -0.15) is 0 Å². The Morgan fingerprint density at radius 3 is 2.52 bits per heavy atom. The zero-order valence-corrected chi connectivity index (χ0v) is 12.9. The van der Waals surface area contributed by atoms with Gasteiger partial charge in [-0.15, -0.1) is 0 Å². The number of halogens is 2. The third-order valence-corrected chi connectivity index (χ3v) is 3.79. The Kier molecular flexibility index (Phi) is 4.15. The summed E-state index contributed by atoms with van der Waals surface area (Å²) in [6, 6.07) is 13.3. The van der Waals surface area contributed by atoms with E-state index in [4.69, 9.17) is 27.6 Å². The Morgan fingerprint density at radius 1 is 1.14 bits per heavy atom. The van der Waals surface area contributed by atoms with E-state index in [1.807, 2.05) is 43.4 Å². The van der Waals surface area contributed by atoms with Crippen LogP contribution in [-0.2, 0) is 6.42 Å². The van der Waals surface area contributed by atoms with Crippen molar-refractivity contribution in [2.75, 3.05) is 7.05 Å². The Balaban J connectivity index is 1.89. The lowest BCUT2D eigenvalue weighted by Gasteiger charge is -2.15. The van der Waals surface area contributed by atoms with Crippen molar-refractivity contribution in [1.29, 1.82) is 0 Å². The molecule has 1 heterocycles. The van der Waals surface area contributed by atoms with Gasteiger partial charge in [0, 0.05) is 22.5 Å². The largest absolute Gasteiger partial charge is 0.441 e. The highest BCUT2D eigenvalue weighted by Crippen LogP contribution is 2.26. The van der Waals surface area contributed by atoms with E-state index in [9.17, 15) is 0 Å². The van der Waals surface area contributed by atoms with Crippen molar-refractivity contribution in [1.82, 2.24) is 10.3 Å². The summed E-state index contributed by atoms with van der Waals surface area (Å²) in [4.78, 5) is 4.50. The molecule has 0 aliphatic rings. The minimum absolute atomic E-state index is 0.0364. The lowest BCUT2D eigenvalue weighted by Crippen LogP contribution is -2.19. The summed E-state index contributed by atoms with van der Waals surface area (Å²) in [5, 5.41) is 4.49. The second kappa shape index (κ2) is 6.06. The number of oxazole rings is 1. The maximum atomic E-state index is 6.07. The molecule has 1 unspecified atom stereocenters. The summed E-state index contributed by atoms with van der Waals surface area (Å²) >= 11 is 12.1. The highest BCUT2D eigenvalue weighted by molar-refractivity contribution is 6.34. The third kappa shape index (κ3) is 3.21. The van der Waals surface area contributed by atoms with E-state index in [0.717, 1.165) is 16.7 Å². The SMILES string of the molecule is CNC(Cc1nc2ccccc2o1)c1cc(Cl)cc(Cl)c1. The molecule has 0 saturated heterocycles. The van der Waals surface area contributed by atoms with Crippen LogP contribution in [0.3, 0.4) is 0 Å². The fourth-order valence-electron chi connectivity index (χ4n) is 2.34. The number of hydrogen-bond acceptors (Lipinski definition) is 3. The molecule has 1 N–H and O–H groups in total. The molecule has 0 fully saturated rings. The lowest BCUT2D eigenvalue weighted by molar-refractivity contribution is 0.474. The van der Waals surface area contributed by atoms with Crippen molar-refractivity contribution >= 4 is 34.3 Å². The minimum Gasteiger partial charge on any atom is -0.441 e. The highest BCUT2D eigenvalue weighted by Gasteiger charge is 2.15. The van der Waals surface area contributed by atoms with Gasteiger partial charge < -0.3 is 9.73 Å². The van der Waals surface area contributed by atoms with Crippen LogP contribution >= 0.6 is 23.2 Å². The number of likely N-dealkylation sites (N-methyl/N-ethyl adjacent to an activating group) is 1. The number of para-hydroxylation sites is 2. The Labute approximate surface area is 132 Å². The molecule has 0 bridgehead atoms. The van der Waals surface area contributed by atoms with Gasteiger partial charge in [-0.05, 0) is 42.9 Å². The number of aromatic nitrogens is 1. The minimum atomic E-state index is 0.0364. The first kappa shape index (κ1) is 14.4. The van der Waals surface area contributed by atoms with E-state index in [0.29, 0.717) is 22.4 Å². The van der Waals surface area contributed by atoms with Crippen LogP contribution in [0.15, 0.2) is 46.9 Å². The summed E-state index contributed by atoms with van der Waals surface area (Å²) in [6.45, 7) is 0. The van der Waals surface area contributed by atoms with Crippen LogP contribution in [0.1, 0.15) is 17.5 Å². The van der Waals surface area contributed by atoms with E-state index >= 15 is 0 Å². The molecule has 0 spiro atoms. The molecule has 1 aromatic heterocycles. The Bertz CT molecular complexity index is 717. The molecule has 108 valence electrons. The quantitative estimate of drug-likeness (QED) is 0.761. The highest BCUT2D eigenvalue weighted by atomic mass is 35.5. The molecule has 5 heteroatoms. The third-order valence-electron chi connectivity index (χ3n) is 3.35. The van der Waals surface area contributed by atoms with Gasteiger partial charge >= 0.3 is 0 Å². The second-order valence-corrected chi connectivity index (χ2v) is 5.70. The van der Waals surface area contributed by atoms with Gasteiger partial charge in [0.2, 0.25) is 0 Å². The van der Waals surface area contributed by atoms with Crippen LogP contribution in [0, 0.1) is 0 Å². The zero-order chi connectivity index (χ0) is 14.8. The van der Waals surface area contributed by atoms with E-state index in [1.54, 1.807) is 6.07 Å². The molecule has 1 atom stereocenters. The second-order valence-electron chi connectivity index (χ2n) is 4.82. The number of nitrogens with one attached hydrogen (secondary N) is 1. The molecule has 21 heavy (non-hydrogen) atoms. The predicted octanol–water partition coefficient (Wildman–Crippen LogP) is 4.64. The van der Waals surface area contributed by atoms with Gasteiger partial charge in [0.25, 0.3) is 0 Å². The predicted molar refractivity (Wildman–Crippen MR) is 86.0 cm³/mol. The smallest absolute Gasteiger partial charge is 0.197 e. The van der Waals surface area contributed by atoms with Gasteiger partial charge in [0.05, 0.1) is 0 Å². The fraction of sp³-hybridized carbons (Fsp3) is 0.188. The normalized spacial score (nSPS) is 12.7. The van der Waals surface area contributed by atoms with Gasteiger partial charge in [-0.1, -0.05) is 35.3 Å². The average Bonchev–Trinajstić information content (AvgIpc) is 2.86. The molecule has 0 aliphatic carbocycles. The van der Waals surface area contributed by atoms with Crippen LogP contribution in [-0.4, -0.2) is 12.0 Å². The number of nitrogens with zero attached hydrogens (tertiary/aromatic N) is 1. The van der Waals surface area contributed by atoms with Crippen molar-refractivity contribution in [2.24, 2.45) is 0 Å². The lowest BCUT2D eigenvalue weighted by atomic mass is 10.0. The van der Waals surface area contributed by atoms with Crippen LogP contribution < -0.4 is 5.32 Å². The zero-order valence-electron chi connectivity index (χ0n) is 11.4. The molecule has 3 aromatic rings. The van der Waals surface area contributed by atoms with E-state index in [-0.39, 0.29) is 6.04 Å². The molecule has 2 aromatic carbocycles. The maximum absolute atomic E-state index is 6.07. The standard InChI is InChI=1S/C16H14Cl2N2O/c1-19-14(10-6-11(17)8-12(18)7-10)9-16-20-13-4-2-3-5-15(13)21-16/h2-8,14,19H,9H2,1H3. The molecule has 3 nitrogen and oxygen atoms in total. The molecule has 0 amide bonds. The van der Waals surface area contributed by atoms with Gasteiger partial charge in [0.1, 0.15) is 5.52 Å². The summed E-state index contributed by atoms with van der Waals surface area (Å²) in [7, 11) is 1.89. The molecule has 0 saturated carbocycles. The number of hydrogen-bond donors (Lipinski definition) is 1. The maximum Gasteiger partial charge on any atom is 0.197 e. The molecule has 0 aliphatic heterocycles. The number of rotatable bonds is 4. The molecule has 3 rings (SSSR count). The molecular formula is C16H14Cl2N2O. The Morgan fingerprint density at radius 2 is 1.86 bits per heavy atom. The monoisotopic (exact) mass is 320 g/mol.